The van der Waals surface area contributed by atoms with E-state index in [1.165, 1.54) is 46.8 Å². The monoisotopic (exact) mass is 457 g/mol. The van der Waals surface area contributed by atoms with Crippen LogP contribution < -0.4 is 10.0 Å². The van der Waals surface area contributed by atoms with Crippen LogP contribution in [0.5, 0.6) is 0 Å². The maximum atomic E-state index is 13.7. The summed E-state index contributed by atoms with van der Waals surface area (Å²) in [4.78, 5) is 12.1. The zero-order valence-electron chi connectivity index (χ0n) is 16.6. The predicted molar refractivity (Wildman–Crippen MR) is 113 cm³/mol. The number of benzene rings is 2. The molecule has 0 aliphatic carbocycles. The molecule has 0 aliphatic heterocycles. The van der Waals surface area contributed by atoms with Crippen LogP contribution in [0.1, 0.15) is 23.7 Å². The molecule has 30 heavy (non-hydrogen) atoms. The Kier molecular flexibility index (Phi) is 7.93. The number of sulfonamides is 2. The summed E-state index contributed by atoms with van der Waals surface area (Å²) >= 11 is 0. The normalized spacial score (nSPS) is 12.0. The van der Waals surface area contributed by atoms with Gasteiger partial charge in [0, 0.05) is 25.2 Å². The molecule has 0 heterocycles. The number of amides is 1. The fourth-order valence-electron chi connectivity index (χ4n) is 2.65. The summed E-state index contributed by atoms with van der Waals surface area (Å²) < 4.78 is 65.0. The summed E-state index contributed by atoms with van der Waals surface area (Å²) in [5.41, 5.74) is 0.0739. The predicted octanol–water partition coefficient (Wildman–Crippen LogP) is 2.03. The van der Waals surface area contributed by atoms with Gasteiger partial charge in [0.05, 0.1) is 16.8 Å². The Bertz CT molecular complexity index is 1090. The fourth-order valence-corrected chi connectivity index (χ4v) is 4.65. The first-order chi connectivity index (χ1) is 14.0. The lowest BCUT2D eigenvalue weighted by molar-refractivity contribution is 0.0952. The highest BCUT2D eigenvalue weighted by Gasteiger charge is 2.17. The highest BCUT2D eigenvalue weighted by molar-refractivity contribution is 7.92. The van der Waals surface area contributed by atoms with Gasteiger partial charge in [-0.05, 0) is 42.8 Å². The summed E-state index contributed by atoms with van der Waals surface area (Å²) in [5.74, 6) is -1.11. The van der Waals surface area contributed by atoms with Crippen molar-refractivity contribution in [3.8, 4) is 0 Å². The Balaban J connectivity index is 1.95. The number of anilines is 1. The number of hydrogen-bond donors (Lipinski definition) is 2. The van der Waals surface area contributed by atoms with Gasteiger partial charge in [-0.2, -0.15) is 0 Å². The lowest BCUT2D eigenvalue weighted by Gasteiger charge is -2.17. The summed E-state index contributed by atoms with van der Waals surface area (Å²) in [6, 6.07) is 10.6. The van der Waals surface area contributed by atoms with Crippen LogP contribution in [-0.2, 0) is 20.0 Å². The standard InChI is InChI=1S/C19H24FN3O5S2/c1-3-23(29(2,25)26)14-6-13-21-19(24)15-9-11-16(12-10-15)30(27,28)22-18-8-5-4-7-17(18)20/h4-5,7-12,22H,3,6,13-14H2,1-2H3,(H,21,24). The van der Waals surface area contributed by atoms with E-state index in [4.69, 9.17) is 0 Å². The first kappa shape index (κ1) is 23.8. The maximum Gasteiger partial charge on any atom is 0.261 e. The Morgan fingerprint density at radius 3 is 2.23 bits per heavy atom. The van der Waals surface area contributed by atoms with Gasteiger partial charge in [-0.15, -0.1) is 0 Å². The van der Waals surface area contributed by atoms with E-state index in [0.717, 1.165) is 12.3 Å². The molecule has 0 spiro atoms. The highest BCUT2D eigenvalue weighted by atomic mass is 32.2. The zero-order chi connectivity index (χ0) is 22.4. The molecular formula is C19H24FN3O5S2. The Morgan fingerprint density at radius 2 is 1.67 bits per heavy atom. The molecule has 0 saturated heterocycles. The summed E-state index contributed by atoms with van der Waals surface area (Å²) in [5, 5.41) is 2.66. The third-order valence-corrected chi connectivity index (χ3v) is 7.00. The van der Waals surface area contributed by atoms with Crippen LogP contribution in [0, 0.1) is 5.82 Å². The van der Waals surface area contributed by atoms with Crippen LogP contribution in [0.2, 0.25) is 0 Å². The molecule has 164 valence electrons. The van der Waals surface area contributed by atoms with Gasteiger partial charge >= 0.3 is 0 Å². The van der Waals surface area contributed by atoms with Gasteiger partial charge in [0.15, 0.2) is 0 Å². The molecular weight excluding hydrogens is 433 g/mol. The molecule has 2 N–H and O–H groups in total. The van der Waals surface area contributed by atoms with Gasteiger partial charge in [-0.1, -0.05) is 19.1 Å². The number of rotatable bonds is 10. The second-order valence-corrected chi connectivity index (χ2v) is 10.1. The average molecular weight is 458 g/mol. The molecule has 1 amide bonds. The molecule has 0 saturated carbocycles. The molecule has 0 fully saturated rings. The number of carbonyl (C=O) groups excluding carboxylic acids is 1. The Labute approximate surface area is 176 Å². The van der Waals surface area contributed by atoms with Gasteiger partial charge < -0.3 is 5.32 Å². The molecule has 2 aromatic rings. The van der Waals surface area contributed by atoms with E-state index in [-0.39, 0.29) is 29.2 Å². The van der Waals surface area contributed by atoms with Crippen molar-refractivity contribution < 1.29 is 26.0 Å². The first-order valence-electron chi connectivity index (χ1n) is 9.15. The van der Waals surface area contributed by atoms with Crippen LogP contribution in [0.25, 0.3) is 0 Å². The molecule has 8 nitrogen and oxygen atoms in total. The van der Waals surface area contributed by atoms with Gasteiger partial charge in [-0.25, -0.2) is 25.5 Å². The van der Waals surface area contributed by atoms with Crippen LogP contribution in [0.4, 0.5) is 10.1 Å². The van der Waals surface area contributed by atoms with Gasteiger partial charge in [0.2, 0.25) is 10.0 Å². The second-order valence-electron chi connectivity index (χ2n) is 6.47. The van der Waals surface area contributed by atoms with Crippen molar-refractivity contribution in [1.82, 2.24) is 9.62 Å². The SMILES string of the molecule is CCN(CCCNC(=O)c1ccc(S(=O)(=O)Nc2ccccc2F)cc1)S(C)(=O)=O. The molecule has 0 aliphatic rings. The number of hydrogen-bond acceptors (Lipinski definition) is 5. The van der Waals surface area contributed by atoms with E-state index in [1.54, 1.807) is 6.92 Å². The van der Waals surface area contributed by atoms with E-state index in [1.807, 2.05) is 0 Å². The van der Waals surface area contributed by atoms with Crippen molar-refractivity contribution in [2.75, 3.05) is 30.6 Å². The summed E-state index contributed by atoms with van der Waals surface area (Å²) in [6.45, 7) is 2.63. The largest absolute Gasteiger partial charge is 0.352 e. The minimum absolute atomic E-state index is 0.117. The van der Waals surface area contributed by atoms with Gasteiger partial charge in [0.25, 0.3) is 15.9 Å². The van der Waals surface area contributed by atoms with Crippen molar-refractivity contribution in [3.63, 3.8) is 0 Å². The van der Waals surface area contributed by atoms with E-state index in [2.05, 4.69) is 10.0 Å². The fraction of sp³-hybridized carbons (Fsp3) is 0.316. The van der Waals surface area contributed by atoms with Crippen molar-refractivity contribution in [3.05, 3.63) is 59.9 Å². The lowest BCUT2D eigenvalue weighted by Crippen LogP contribution is -2.33. The number of nitrogens with one attached hydrogen (secondary N) is 2. The molecule has 2 aromatic carbocycles. The molecule has 11 heteroatoms. The van der Waals surface area contributed by atoms with Crippen molar-refractivity contribution in [1.29, 1.82) is 0 Å². The number of para-hydroxylation sites is 1. The smallest absolute Gasteiger partial charge is 0.261 e. The van der Waals surface area contributed by atoms with E-state index in [9.17, 15) is 26.0 Å². The Hall–Kier alpha value is -2.50. The maximum absolute atomic E-state index is 13.7. The molecule has 0 atom stereocenters. The van der Waals surface area contributed by atoms with E-state index >= 15 is 0 Å². The quantitative estimate of drug-likeness (QED) is 0.530. The van der Waals surface area contributed by atoms with Crippen molar-refractivity contribution in [2.45, 2.75) is 18.2 Å². The van der Waals surface area contributed by atoms with Crippen LogP contribution >= 0.6 is 0 Å². The molecule has 0 radical (unpaired) electrons. The number of halogens is 1. The van der Waals surface area contributed by atoms with Crippen molar-refractivity contribution >= 4 is 31.6 Å². The van der Waals surface area contributed by atoms with E-state index < -0.39 is 31.8 Å². The van der Waals surface area contributed by atoms with Crippen LogP contribution in [-0.4, -0.2) is 52.9 Å². The highest BCUT2D eigenvalue weighted by Crippen LogP contribution is 2.19. The van der Waals surface area contributed by atoms with Gasteiger partial charge in [-0.3, -0.25) is 9.52 Å². The minimum atomic E-state index is -4.01. The number of nitrogens with zero attached hydrogens (tertiary/aromatic N) is 1. The zero-order valence-corrected chi connectivity index (χ0v) is 18.3. The molecule has 2 rings (SSSR count). The summed E-state index contributed by atoms with van der Waals surface area (Å²) in [7, 11) is -7.29. The second kappa shape index (κ2) is 10.0. The lowest BCUT2D eigenvalue weighted by atomic mass is 10.2. The van der Waals surface area contributed by atoms with Crippen molar-refractivity contribution in [2.24, 2.45) is 0 Å². The van der Waals surface area contributed by atoms with Crippen LogP contribution in [0.15, 0.2) is 53.4 Å². The molecule has 0 unspecified atom stereocenters. The third-order valence-electron chi connectivity index (χ3n) is 4.24. The Morgan fingerprint density at radius 1 is 1.03 bits per heavy atom. The first-order valence-corrected chi connectivity index (χ1v) is 12.5. The minimum Gasteiger partial charge on any atom is -0.352 e. The number of carbonyl (C=O) groups is 1. The average Bonchev–Trinajstić information content (AvgIpc) is 2.68. The van der Waals surface area contributed by atoms with Crippen LogP contribution in [0.3, 0.4) is 0 Å². The van der Waals surface area contributed by atoms with E-state index in [0.29, 0.717) is 13.0 Å². The third kappa shape index (κ3) is 6.51. The molecule has 0 bridgehead atoms. The van der Waals surface area contributed by atoms with Gasteiger partial charge in [0.1, 0.15) is 5.82 Å². The molecule has 0 aromatic heterocycles. The summed E-state index contributed by atoms with van der Waals surface area (Å²) in [6.07, 6.45) is 1.57. The topological polar surface area (TPSA) is 113 Å².